The van der Waals surface area contributed by atoms with E-state index in [-0.39, 0.29) is 0 Å². The second kappa shape index (κ2) is 8.10. The average molecular weight is 240 g/mol. The predicted octanol–water partition coefficient (Wildman–Crippen LogP) is 3.28. The molecule has 0 bridgehead atoms. The molecule has 102 valence electrons. The molecule has 1 unspecified atom stereocenters. The molecular formula is C15H32N2. The molecule has 0 aliphatic heterocycles. The van der Waals surface area contributed by atoms with Crippen LogP contribution in [0.4, 0.5) is 0 Å². The molecule has 1 fully saturated rings. The van der Waals surface area contributed by atoms with Crippen molar-refractivity contribution in [1.29, 1.82) is 0 Å². The first-order valence-corrected chi connectivity index (χ1v) is 7.61. The highest BCUT2D eigenvalue weighted by molar-refractivity contribution is 4.88. The van der Waals surface area contributed by atoms with Gasteiger partial charge in [-0.1, -0.05) is 27.2 Å². The van der Waals surface area contributed by atoms with E-state index in [0.29, 0.717) is 6.04 Å². The van der Waals surface area contributed by atoms with Crippen LogP contribution in [0.2, 0.25) is 0 Å². The number of hydrogen-bond acceptors (Lipinski definition) is 2. The lowest BCUT2D eigenvalue weighted by Crippen LogP contribution is -2.42. The zero-order valence-electron chi connectivity index (χ0n) is 12.3. The average Bonchev–Trinajstić information content (AvgIpc) is 3.08. The summed E-state index contributed by atoms with van der Waals surface area (Å²) in [6.45, 7) is 12.9. The van der Waals surface area contributed by atoms with E-state index in [1.54, 1.807) is 0 Å². The van der Waals surface area contributed by atoms with Gasteiger partial charge in [-0.3, -0.25) is 4.90 Å². The van der Waals surface area contributed by atoms with Gasteiger partial charge in [-0.05, 0) is 51.6 Å². The fourth-order valence-corrected chi connectivity index (χ4v) is 2.31. The van der Waals surface area contributed by atoms with Gasteiger partial charge in [0, 0.05) is 18.6 Å². The molecule has 1 atom stereocenters. The number of nitrogens with zero attached hydrogens (tertiary/aromatic N) is 1. The maximum absolute atomic E-state index is 3.60. The lowest BCUT2D eigenvalue weighted by Gasteiger charge is -2.30. The normalized spacial score (nSPS) is 18.0. The lowest BCUT2D eigenvalue weighted by molar-refractivity contribution is 0.184. The van der Waals surface area contributed by atoms with Crippen molar-refractivity contribution in [3.05, 3.63) is 0 Å². The first kappa shape index (κ1) is 15.0. The van der Waals surface area contributed by atoms with Crippen molar-refractivity contribution in [3.8, 4) is 0 Å². The van der Waals surface area contributed by atoms with E-state index in [4.69, 9.17) is 0 Å². The highest BCUT2D eigenvalue weighted by atomic mass is 15.2. The largest absolute Gasteiger partial charge is 0.315 e. The van der Waals surface area contributed by atoms with Crippen LogP contribution < -0.4 is 5.32 Å². The second-order valence-electron chi connectivity index (χ2n) is 6.06. The molecule has 0 spiro atoms. The van der Waals surface area contributed by atoms with Gasteiger partial charge in [0.15, 0.2) is 0 Å². The highest BCUT2D eigenvalue weighted by Crippen LogP contribution is 2.29. The summed E-state index contributed by atoms with van der Waals surface area (Å²) in [5.74, 6) is 0.830. The van der Waals surface area contributed by atoms with E-state index in [1.807, 2.05) is 0 Å². The molecule has 1 rings (SSSR count). The molecule has 0 aromatic carbocycles. The standard InChI is InChI=1S/C15H32N2/c1-5-6-10-16-12-14(4)17(15-7-8-15)11-9-13(2)3/h13-16H,5-12H2,1-4H3. The van der Waals surface area contributed by atoms with E-state index in [9.17, 15) is 0 Å². The molecule has 0 aromatic heterocycles. The molecule has 1 N–H and O–H groups in total. The second-order valence-corrected chi connectivity index (χ2v) is 6.06. The van der Waals surface area contributed by atoms with Crippen molar-refractivity contribution < 1.29 is 0 Å². The van der Waals surface area contributed by atoms with Crippen LogP contribution in [0.25, 0.3) is 0 Å². The molecule has 0 saturated heterocycles. The maximum atomic E-state index is 3.60. The molecule has 2 nitrogen and oxygen atoms in total. The van der Waals surface area contributed by atoms with Gasteiger partial charge in [0.25, 0.3) is 0 Å². The zero-order valence-corrected chi connectivity index (χ0v) is 12.3. The van der Waals surface area contributed by atoms with Gasteiger partial charge < -0.3 is 5.32 Å². The highest BCUT2D eigenvalue weighted by Gasteiger charge is 2.31. The van der Waals surface area contributed by atoms with Crippen LogP contribution in [-0.2, 0) is 0 Å². The van der Waals surface area contributed by atoms with E-state index in [0.717, 1.165) is 18.5 Å². The van der Waals surface area contributed by atoms with Gasteiger partial charge in [0.1, 0.15) is 0 Å². The molecule has 0 aromatic rings. The lowest BCUT2D eigenvalue weighted by atomic mass is 10.1. The number of nitrogens with one attached hydrogen (secondary N) is 1. The smallest absolute Gasteiger partial charge is 0.0195 e. The van der Waals surface area contributed by atoms with Crippen molar-refractivity contribution >= 4 is 0 Å². The Morgan fingerprint density at radius 1 is 1.24 bits per heavy atom. The maximum Gasteiger partial charge on any atom is 0.0195 e. The van der Waals surface area contributed by atoms with E-state index in [1.165, 1.54) is 45.2 Å². The SMILES string of the molecule is CCCCNCC(C)N(CCC(C)C)C1CC1. The van der Waals surface area contributed by atoms with Crippen LogP contribution in [0.5, 0.6) is 0 Å². The molecule has 17 heavy (non-hydrogen) atoms. The summed E-state index contributed by atoms with van der Waals surface area (Å²) in [6.07, 6.45) is 6.80. The molecule has 1 aliphatic rings. The van der Waals surface area contributed by atoms with Crippen molar-refractivity contribution in [1.82, 2.24) is 10.2 Å². The Hall–Kier alpha value is -0.0800. The topological polar surface area (TPSA) is 15.3 Å². The minimum absolute atomic E-state index is 0.707. The van der Waals surface area contributed by atoms with Gasteiger partial charge in [0.2, 0.25) is 0 Å². The van der Waals surface area contributed by atoms with E-state index in [2.05, 4.69) is 37.9 Å². The van der Waals surface area contributed by atoms with Crippen molar-refractivity contribution in [2.75, 3.05) is 19.6 Å². The molecular weight excluding hydrogens is 208 g/mol. The quantitative estimate of drug-likeness (QED) is 0.590. The molecule has 0 amide bonds. The number of rotatable bonds is 10. The Morgan fingerprint density at radius 2 is 1.94 bits per heavy atom. The Bertz CT molecular complexity index is 187. The fourth-order valence-electron chi connectivity index (χ4n) is 2.31. The predicted molar refractivity (Wildman–Crippen MR) is 76.4 cm³/mol. The Balaban J connectivity index is 2.20. The van der Waals surface area contributed by atoms with Crippen LogP contribution >= 0.6 is 0 Å². The summed E-state index contributed by atoms with van der Waals surface area (Å²) in [5.41, 5.74) is 0. The summed E-state index contributed by atoms with van der Waals surface area (Å²) < 4.78 is 0. The summed E-state index contributed by atoms with van der Waals surface area (Å²) in [4.78, 5) is 2.74. The van der Waals surface area contributed by atoms with Gasteiger partial charge in [-0.15, -0.1) is 0 Å². The van der Waals surface area contributed by atoms with Crippen LogP contribution in [0, 0.1) is 5.92 Å². The Kier molecular flexibility index (Phi) is 7.14. The molecule has 0 heterocycles. The molecule has 2 heteroatoms. The van der Waals surface area contributed by atoms with Crippen molar-refractivity contribution in [3.63, 3.8) is 0 Å². The van der Waals surface area contributed by atoms with Crippen LogP contribution in [0.3, 0.4) is 0 Å². The van der Waals surface area contributed by atoms with Crippen molar-refractivity contribution in [2.24, 2.45) is 5.92 Å². The Morgan fingerprint density at radius 3 is 2.47 bits per heavy atom. The first-order valence-electron chi connectivity index (χ1n) is 7.61. The molecule has 1 aliphatic carbocycles. The summed E-state index contributed by atoms with van der Waals surface area (Å²) >= 11 is 0. The Labute approximate surface area is 108 Å². The van der Waals surface area contributed by atoms with Crippen LogP contribution in [-0.4, -0.2) is 36.6 Å². The number of unbranched alkanes of at least 4 members (excludes halogenated alkanes) is 1. The summed E-state index contributed by atoms with van der Waals surface area (Å²) in [6, 6.07) is 1.61. The zero-order chi connectivity index (χ0) is 12.7. The third-order valence-electron chi connectivity index (χ3n) is 3.69. The molecule has 0 radical (unpaired) electrons. The first-order chi connectivity index (χ1) is 8.15. The summed E-state index contributed by atoms with van der Waals surface area (Å²) in [7, 11) is 0. The third kappa shape index (κ3) is 6.42. The minimum Gasteiger partial charge on any atom is -0.315 e. The summed E-state index contributed by atoms with van der Waals surface area (Å²) in [5, 5.41) is 3.60. The number of hydrogen-bond donors (Lipinski definition) is 1. The van der Waals surface area contributed by atoms with E-state index >= 15 is 0 Å². The van der Waals surface area contributed by atoms with Gasteiger partial charge in [-0.2, -0.15) is 0 Å². The third-order valence-corrected chi connectivity index (χ3v) is 3.69. The minimum atomic E-state index is 0.707. The monoisotopic (exact) mass is 240 g/mol. The van der Waals surface area contributed by atoms with Crippen LogP contribution in [0.15, 0.2) is 0 Å². The van der Waals surface area contributed by atoms with E-state index < -0.39 is 0 Å². The van der Waals surface area contributed by atoms with Crippen molar-refractivity contribution in [2.45, 2.75) is 71.9 Å². The van der Waals surface area contributed by atoms with Gasteiger partial charge >= 0.3 is 0 Å². The van der Waals surface area contributed by atoms with Crippen LogP contribution in [0.1, 0.15) is 59.8 Å². The molecule has 1 saturated carbocycles. The van der Waals surface area contributed by atoms with Gasteiger partial charge in [-0.25, -0.2) is 0 Å². The fraction of sp³-hybridized carbons (Fsp3) is 1.00. The van der Waals surface area contributed by atoms with Gasteiger partial charge in [0.05, 0.1) is 0 Å².